The predicted molar refractivity (Wildman–Crippen MR) is 145 cm³/mol. The molecule has 8 heteroatoms. The van der Waals surface area contributed by atoms with Crippen molar-refractivity contribution >= 4 is 17.4 Å². The van der Waals surface area contributed by atoms with Gasteiger partial charge in [-0.15, -0.1) is 0 Å². The third-order valence-electron chi connectivity index (χ3n) is 7.43. The Morgan fingerprint density at radius 1 is 1.03 bits per heavy atom. The Kier molecular flexibility index (Phi) is 6.97. The normalized spacial score (nSPS) is 15.6. The number of hydrogen-bond donors (Lipinski definition) is 1. The summed E-state index contributed by atoms with van der Waals surface area (Å²) in [5, 5.41) is 2.85. The molecule has 1 aliphatic carbocycles. The van der Waals surface area contributed by atoms with Gasteiger partial charge in [-0.05, 0) is 65.0 Å². The van der Waals surface area contributed by atoms with Crippen LogP contribution in [0.3, 0.4) is 0 Å². The van der Waals surface area contributed by atoms with Crippen LogP contribution in [0, 0.1) is 6.92 Å². The first kappa shape index (κ1) is 26.5. The Labute approximate surface area is 219 Å². The van der Waals surface area contributed by atoms with Crippen molar-refractivity contribution in [1.29, 1.82) is 0 Å². The number of carbonyl (C=O) groups excluding carboxylic acids is 1. The highest BCUT2D eigenvalue weighted by atomic mass is 16.5. The highest BCUT2D eigenvalue weighted by molar-refractivity contribution is 6.04. The monoisotopic (exact) mass is 506 g/mol. The summed E-state index contributed by atoms with van der Waals surface area (Å²) in [6.45, 7) is 11.5. The fourth-order valence-corrected chi connectivity index (χ4v) is 5.00. The van der Waals surface area contributed by atoms with Crippen LogP contribution in [0.25, 0.3) is 0 Å². The summed E-state index contributed by atoms with van der Waals surface area (Å²) in [6, 6.07) is 8.39. The summed E-state index contributed by atoms with van der Waals surface area (Å²) in [6.07, 6.45) is 2.96. The molecule has 0 aliphatic heterocycles. The van der Waals surface area contributed by atoms with E-state index < -0.39 is 5.91 Å². The van der Waals surface area contributed by atoms with Gasteiger partial charge in [-0.2, -0.15) is 9.97 Å². The van der Waals surface area contributed by atoms with Gasteiger partial charge in [0.15, 0.2) is 11.6 Å². The number of methoxy groups -OCH3 is 2. The van der Waals surface area contributed by atoms with E-state index in [1.807, 2.05) is 20.2 Å². The van der Waals surface area contributed by atoms with E-state index in [-0.39, 0.29) is 28.5 Å². The zero-order valence-corrected chi connectivity index (χ0v) is 23.4. The molecule has 0 fully saturated rings. The second kappa shape index (κ2) is 9.72. The topological polar surface area (TPSA) is 89.7 Å². The standard InChI is InChI=1S/C29H38N4O4/c1-17-14-20-21(29(4,5)13-12-28(20,2)3)16-18(17)15-19-10-11-22(37-19)25(34)30-23-24(33(6)7)31-27(36-9)32-26(23)35-8/h10-11,14,16H,12-13,15H2,1-9H3,(H,30,34). The summed E-state index contributed by atoms with van der Waals surface area (Å²) in [5.41, 5.74) is 5.95. The first-order valence-corrected chi connectivity index (χ1v) is 12.6. The van der Waals surface area contributed by atoms with Crippen molar-refractivity contribution in [3.05, 3.63) is 58.0 Å². The van der Waals surface area contributed by atoms with E-state index in [4.69, 9.17) is 13.9 Å². The first-order chi connectivity index (χ1) is 17.4. The lowest BCUT2D eigenvalue weighted by Crippen LogP contribution is -2.34. The van der Waals surface area contributed by atoms with Crippen LogP contribution in [0.2, 0.25) is 0 Å². The Morgan fingerprint density at radius 2 is 1.68 bits per heavy atom. The average molecular weight is 507 g/mol. The van der Waals surface area contributed by atoms with Crippen molar-refractivity contribution in [1.82, 2.24) is 9.97 Å². The van der Waals surface area contributed by atoms with Crippen molar-refractivity contribution in [3.8, 4) is 11.9 Å². The summed E-state index contributed by atoms with van der Waals surface area (Å²) in [4.78, 5) is 23.4. The molecule has 2 heterocycles. The quantitative estimate of drug-likeness (QED) is 0.443. The number of hydrogen-bond acceptors (Lipinski definition) is 7. The Balaban J connectivity index is 1.60. The number of rotatable bonds is 7. The minimum absolute atomic E-state index is 0.130. The van der Waals surface area contributed by atoms with E-state index in [2.05, 4.69) is 62.0 Å². The van der Waals surface area contributed by atoms with Crippen LogP contribution in [0.1, 0.15) is 79.1 Å². The Morgan fingerprint density at radius 3 is 2.27 bits per heavy atom. The minimum atomic E-state index is -0.411. The van der Waals surface area contributed by atoms with E-state index in [9.17, 15) is 4.79 Å². The molecule has 3 aromatic rings. The van der Waals surface area contributed by atoms with E-state index in [0.717, 1.165) is 12.2 Å². The smallest absolute Gasteiger partial charge is 0.321 e. The summed E-state index contributed by atoms with van der Waals surface area (Å²) in [7, 11) is 6.57. The molecule has 37 heavy (non-hydrogen) atoms. The molecule has 0 radical (unpaired) electrons. The van der Waals surface area contributed by atoms with Crippen LogP contribution in [0.15, 0.2) is 28.7 Å². The van der Waals surface area contributed by atoms with Gasteiger partial charge in [-0.3, -0.25) is 4.79 Å². The maximum atomic E-state index is 13.1. The Hall–Kier alpha value is -3.55. The van der Waals surface area contributed by atoms with Crippen molar-refractivity contribution in [2.24, 2.45) is 0 Å². The summed E-state index contributed by atoms with van der Waals surface area (Å²) >= 11 is 0. The predicted octanol–water partition coefficient (Wildman–Crippen LogP) is 5.65. The minimum Gasteiger partial charge on any atom is -0.479 e. The number of nitrogens with zero attached hydrogens (tertiary/aromatic N) is 3. The SMILES string of the molecule is COc1nc(OC)c(NC(=O)c2ccc(Cc3cc4c(cc3C)C(C)(C)CCC4(C)C)o2)c(N(C)C)n1. The molecule has 0 unspecified atom stereocenters. The van der Waals surface area contributed by atoms with Gasteiger partial charge in [0.1, 0.15) is 11.4 Å². The van der Waals surface area contributed by atoms with Gasteiger partial charge in [0.25, 0.3) is 5.91 Å². The van der Waals surface area contributed by atoms with Gasteiger partial charge >= 0.3 is 6.01 Å². The van der Waals surface area contributed by atoms with Gasteiger partial charge in [0.05, 0.1) is 14.2 Å². The number of fused-ring (bicyclic) bond motifs is 1. The largest absolute Gasteiger partial charge is 0.479 e. The molecule has 8 nitrogen and oxygen atoms in total. The maximum absolute atomic E-state index is 13.1. The number of anilines is 2. The number of aryl methyl sites for hydroxylation is 1. The third kappa shape index (κ3) is 5.15. The highest BCUT2D eigenvalue weighted by Gasteiger charge is 2.37. The molecule has 0 saturated carbocycles. The van der Waals surface area contributed by atoms with Gasteiger partial charge in [-0.1, -0.05) is 39.8 Å². The molecular weight excluding hydrogens is 468 g/mol. The molecule has 0 bridgehead atoms. The van der Waals surface area contributed by atoms with E-state index in [1.165, 1.54) is 42.9 Å². The van der Waals surface area contributed by atoms with E-state index in [1.54, 1.807) is 11.0 Å². The number of furan rings is 1. The molecule has 1 aliphatic rings. The lowest BCUT2D eigenvalue weighted by Gasteiger charge is -2.42. The maximum Gasteiger partial charge on any atom is 0.321 e. The molecule has 198 valence electrons. The van der Waals surface area contributed by atoms with E-state index >= 15 is 0 Å². The lowest BCUT2D eigenvalue weighted by atomic mass is 9.62. The van der Waals surface area contributed by atoms with Crippen LogP contribution >= 0.6 is 0 Å². The fourth-order valence-electron chi connectivity index (χ4n) is 5.00. The molecule has 4 rings (SSSR count). The van der Waals surface area contributed by atoms with Crippen LogP contribution in [0.4, 0.5) is 11.5 Å². The number of ether oxygens (including phenoxy) is 2. The summed E-state index contributed by atoms with van der Waals surface area (Å²) in [5.74, 6) is 1.18. The number of aromatic nitrogens is 2. The Bertz CT molecular complexity index is 1320. The number of nitrogens with one attached hydrogen (secondary N) is 1. The van der Waals surface area contributed by atoms with Crippen molar-refractivity contribution in [2.45, 2.75) is 64.7 Å². The van der Waals surface area contributed by atoms with Crippen LogP contribution in [-0.2, 0) is 17.3 Å². The van der Waals surface area contributed by atoms with Gasteiger partial charge in [0, 0.05) is 20.5 Å². The molecule has 1 amide bonds. The molecule has 2 aromatic heterocycles. The van der Waals surface area contributed by atoms with Gasteiger partial charge < -0.3 is 24.1 Å². The second-order valence-corrected chi connectivity index (χ2v) is 11.3. The fraction of sp³-hybridized carbons (Fsp3) is 0.483. The van der Waals surface area contributed by atoms with Crippen LogP contribution < -0.4 is 19.7 Å². The second-order valence-electron chi connectivity index (χ2n) is 11.3. The number of carbonyl (C=O) groups is 1. The average Bonchev–Trinajstić information content (AvgIpc) is 3.31. The lowest BCUT2D eigenvalue weighted by molar-refractivity contribution is 0.0994. The molecular formula is C29H38N4O4. The van der Waals surface area contributed by atoms with Gasteiger partial charge in [0.2, 0.25) is 5.88 Å². The highest BCUT2D eigenvalue weighted by Crippen LogP contribution is 2.46. The molecule has 0 spiro atoms. The zero-order valence-electron chi connectivity index (χ0n) is 23.4. The third-order valence-corrected chi connectivity index (χ3v) is 7.43. The van der Waals surface area contributed by atoms with E-state index in [0.29, 0.717) is 17.9 Å². The van der Waals surface area contributed by atoms with Gasteiger partial charge in [-0.25, -0.2) is 0 Å². The molecule has 0 saturated heterocycles. The van der Waals surface area contributed by atoms with Crippen molar-refractivity contribution in [2.75, 3.05) is 38.5 Å². The molecule has 1 N–H and O–H groups in total. The first-order valence-electron chi connectivity index (χ1n) is 12.6. The number of amides is 1. The van der Waals surface area contributed by atoms with Crippen LogP contribution in [-0.4, -0.2) is 44.2 Å². The zero-order chi connectivity index (χ0) is 27.1. The number of benzene rings is 1. The molecule has 1 aromatic carbocycles. The summed E-state index contributed by atoms with van der Waals surface area (Å²) < 4.78 is 16.5. The van der Waals surface area contributed by atoms with Crippen LogP contribution in [0.5, 0.6) is 11.9 Å². The van der Waals surface area contributed by atoms with Crippen molar-refractivity contribution in [3.63, 3.8) is 0 Å². The van der Waals surface area contributed by atoms with Crippen molar-refractivity contribution < 1.29 is 18.7 Å². The molecule has 0 atom stereocenters.